The second kappa shape index (κ2) is 5.36. The first kappa shape index (κ1) is 12.7. The van der Waals surface area contributed by atoms with E-state index in [2.05, 4.69) is 40.2 Å². The van der Waals surface area contributed by atoms with Crippen molar-refractivity contribution < 1.29 is 0 Å². The van der Waals surface area contributed by atoms with Gasteiger partial charge in [-0.05, 0) is 48.3 Å². The average Bonchev–Trinajstić information content (AvgIpc) is 3.16. The van der Waals surface area contributed by atoms with E-state index in [1.54, 1.807) is 5.56 Å². The van der Waals surface area contributed by atoms with Crippen molar-refractivity contribution in [3.63, 3.8) is 0 Å². The molecule has 0 nitrogen and oxygen atoms in total. The standard InChI is InChI=1S/C17H23Br/c18-16-9-5-8-15(12-16)17(10-11-17)13-14-6-3-1-2-4-7-14/h5,8-9,12,14H,1-4,6-7,10-11,13H2. The van der Waals surface area contributed by atoms with Crippen molar-refractivity contribution in [3.05, 3.63) is 34.3 Å². The highest BCUT2D eigenvalue weighted by molar-refractivity contribution is 9.10. The summed E-state index contributed by atoms with van der Waals surface area (Å²) in [5.74, 6) is 0.994. The molecule has 2 aliphatic carbocycles. The summed E-state index contributed by atoms with van der Waals surface area (Å²) < 4.78 is 1.24. The van der Waals surface area contributed by atoms with Gasteiger partial charge in [0.1, 0.15) is 0 Å². The molecule has 1 heteroatoms. The Morgan fingerprint density at radius 3 is 2.39 bits per heavy atom. The topological polar surface area (TPSA) is 0 Å². The molecule has 2 aliphatic rings. The van der Waals surface area contributed by atoms with Gasteiger partial charge in [0.15, 0.2) is 0 Å². The third-order valence-corrected chi connectivity index (χ3v) is 5.44. The molecule has 0 aliphatic heterocycles. The van der Waals surface area contributed by atoms with Crippen LogP contribution in [-0.2, 0) is 5.41 Å². The van der Waals surface area contributed by atoms with Gasteiger partial charge in [0.05, 0.1) is 0 Å². The van der Waals surface area contributed by atoms with E-state index in [1.165, 1.54) is 62.3 Å². The van der Waals surface area contributed by atoms with Crippen molar-refractivity contribution in [2.45, 2.75) is 63.2 Å². The molecule has 0 heterocycles. The summed E-state index contributed by atoms with van der Waals surface area (Å²) >= 11 is 3.62. The fourth-order valence-corrected chi connectivity index (χ4v) is 4.10. The molecule has 0 N–H and O–H groups in total. The van der Waals surface area contributed by atoms with Gasteiger partial charge in [-0.15, -0.1) is 0 Å². The summed E-state index contributed by atoms with van der Waals surface area (Å²) in [5, 5.41) is 0. The van der Waals surface area contributed by atoms with Crippen LogP contribution in [0.15, 0.2) is 28.7 Å². The molecule has 0 bridgehead atoms. The maximum absolute atomic E-state index is 3.62. The first-order valence-corrected chi connectivity index (χ1v) is 8.34. The van der Waals surface area contributed by atoms with E-state index in [0.29, 0.717) is 5.41 Å². The normalized spacial score (nSPS) is 23.6. The Balaban J connectivity index is 1.71. The van der Waals surface area contributed by atoms with E-state index in [1.807, 2.05) is 0 Å². The van der Waals surface area contributed by atoms with Crippen LogP contribution in [0.1, 0.15) is 63.4 Å². The lowest BCUT2D eigenvalue weighted by Crippen LogP contribution is -2.13. The Labute approximate surface area is 119 Å². The first-order valence-electron chi connectivity index (χ1n) is 7.55. The van der Waals surface area contributed by atoms with E-state index in [-0.39, 0.29) is 0 Å². The number of halogens is 1. The third-order valence-electron chi connectivity index (χ3n) is 4.94. The van der Waals surface area contributed by atoms with Crippen LogP contribution < -0.4 is 0 Å². The van der Waals surface area contributed by atoms with Gasteiger partial charge < -0.3 is 0 Å². The number of hydrogen-bond acceptors (Lipinski definition) is 0. The predicted octanol–water partition coefficient (Wildman–Crippen LogP) is 5.84. The van der Waals surface area contributed by atoms with E-state index in [0.717, 1.165) is 5.92 Å². The second-order valence-electron chi connectivity index (χ2n) is 6.35. The summed E-state index contributed by atoms with van der Waals surface area (Å²) in [6.45, 7) is 0. The largest absolute Gasteiger partial charge is 0.0609 e. The van der Waals surface area contributed by atoms with Gasteiger partial charge in [0.2, 0.25) is 0 Å². The molecular formula is C17H23Br. The van der Waals surface area contributed by atoms with Crippen molar-refractivity contribution in [1.82, 2.24) is 0 Å². The molecule has 0 unspecified atom stereocenters. The van der Waals surface area contributed by atoms with Crippen molar-refractivity contribution in [2.24, 2.45) is 5.92 Å². The summed E-state index contributed by atoms with van der Waals surface area (Å²) in [6.07, 6.45) is 13.1. The van der Waals surface area contributed by atoms with E-state index < -0.39 is 0 Å². The summed E-state index contributed by atoms with van der Waals surface area (Å²) in [7, 11) is 0. The van der Waals surface area contributed by atoms with Gasteiger partial charge >= 0.3 is 0 Å². The molecule has 0 spiro atoms. The minimum atomic E-state index is 0.554. The Hall–Kier alpha value is -0.300. The smallest absolute Gasteiger partial charge is 0.0178 e. The molecule has 0 aromatic heterocycles. The lowest BCUT2D eigenvalue weighted by molar-refractivity contribution is 0.379. The molecule has 0 saturated heterocycles. The molecule has 0 amide bonds. The maximum Gasteiger partial charge on any atom is 0.0178 e. The van der Waals surface area contributed by atoms with Crippen molar-refractivity contribution in [3.8, 4) is 0 Å². The monoisotopic (exact) mass is 306 g/mol. The maximum atomic E-state index is 3.62. The van der Waals surface area contributed by atoms with Crippen LogP contribution in [0.2, 0.25) is 0 Å². The van der Waals surface area contributed by atoms with Gasteiger partial charge in [-0.3, -0.25) is 0 Å². The van der Waals surface area contributed by atoms with Crippen LogP contribution in [-0.4, -0.2) is 0 Å². The summed E-state index contributed by atoms with van der Waals surface area (Å²) in [5.41, 5.74) is 2.14. The number of benzene rings is 1. The zero-order valence-corrected chi connectivity index (χ0v) is 12.7. The predicted molar refractivity (Wildman–Crippen MR) is 80.9 cm³/mol. The van der Waals surface area contributed by atoms with Crippen LogP contribution in [0.4, 0.5) is 0 Å². The molecule has 3 rings (SSSR count). The number of rotatable bonds is 3. The van der Waals surface area contributed by atoms with Crippen LogP contribution >= 0.6 is 15.9 Å². The summed E-state index contributed by atoms with van der Waals surface area (Å²) in [4.78, 5) is 0. The molecule has 0 radical (unpaired) electrons. The van der Waals surface area contributed by atoms with Crippen LogP contribution in [0.3, 0.4) is 0 Å². The molecule has 2 fully saturated rings. The van der Waals surface area contributed by atoms with Crippen LogP contribution in [0, 0.1) is 5.92 Å². The molecule has 1 aromatic rings. The fourth-order valence-electron chi connectivity index (χ4n) is 3.70. The molecule has 98 valence electrons. The van der Waals surface area contributed by atoms with Crippen LogP contribution in [0.25, 0.3) is 0 Å². The Kier molecular flexibility index (Phi) is 3.79. The zero-order valence-electron chi connectivity index (χ0n) is 11.1. The highest BCUT2D eigenvalue weighted by Crippen LogP contribution is 2.54. The quantitative estimate of drug-likeness (QED) is 0.615. The lowest BCUT2D eigenvalue weighted by Gasteiger charge is -2.22. The molecule has 2 saturated carbocycles. The molecule has 1 aromatic carbocycles. The minimum absolute atomic E-state index is 0.554. The molecule has 18 heavy (non-hydrogen) atoms. The van der Waals surface area contributed by atoms with Gasteiger partial charge in [-0.2, -0.15) is 0 Å². The van der Waals surface area contributed by atoms with Gasteiger partial charge in [0.25, 0.3) is 0 Å². The van der Waals surface area contributed by atoms with Crippen molar-refractivity contribution in [2.75, 3.05) is 0 Å². The van der Waals surface area contributed by atoms with Crippen molar-refractivity contribution in [1.29, 1.82) is 0 Å². The lowest BCUT2D eigenvalue weighted by atomic mass is 9.83. The number of hydrogen-bond donors (Lipinski definition) is 0. The fraction of sp³-hybridized carbons (Fsp3) is 0.647. The van der Waals surface area contributed by atoms with E-state index in [9.17, 15) is 0 Å². The van der Waals surface area contributed by atoms with Crippen LogP contribution in [0.5, 0.6) is 0 Å². The molecule has 0 atom stereocenters. The molecular weight excluding hydrogens is 284 g/mol. The summed E-state index contributed by atoms with van der Waals surface area (Å²) in [6, 6.07) is 9.04. The Morgan fingerprint density at radius 1 is 1.06 bits per heavy atom. The second-order valence-corrected chi connectivity index (χ2v) is 7.27. The Bertz CT molecular complexity index is 398. The zero-order chi connectivity index (χ0) is 12.4. The highest BCUT2D eigenvalue weighted by atomic mass is 79.9. The third kappa shape index (κ3) is 2.82. The van der Waals surface area contributed by atoms with Gasteiger partial charge in [0, 0.05) is 4.47 Å². The minimum Gasteiger partial charge on any atom is -0.0609 e. The Morgan fingerprint density at radius 2 is 1.78 bits per heavy atom. The van der Waals surface area contributed by atoms with Crippen molar-refractivity contribution >= 4 is 15.9 Å². The average molecular weight is 307 g/mol. The van der Waals surface area contributed by atoms with E-state index in [4.69, 9.17) is 0 Å². The van der Waals surface area contributed by atoms with Gasteiger partial charge in [-0.1, -0.05) is 66.6 Å². The highest BCUT2D eigenvalue weighted by Gasteiger charge is 2.45. The van der Waals surface area contributed by atoms with E-state index >= 15 is 0 Å². The first-order chi connectivity index (χ1) is 8.78. The SMILES string of the molecule is Brc1cccc(C2(CC3CCCCCC3)CC2)c1. The van der Waals surface area contributed by atoms with Gasteiger partial charge in [-0.25, -0.2) is 0 Å².